The maximum Gasteiger partial charge on any atom is 0.325 e. The molecule has 0 bridgehead atoms. The predicted molar refractivity (Wildman–Crippen MR) is 64.3 cm³/mol. The first-order chi connectivity index (χ1) is 8.20. The topological polar surface area (TPSA) is 75.0 Å². The van der Waals surface area contributed by atoms with Crippen LogP contribution in [0.2, 0.25) is 0 Å². The fourth-order valence-electron chi connectivity index (χ4n) is 1.54. The lowest BCUT2D eigenvalue weighted by molar-refractivity contribution is 0.340. The normalized spacial score (nSPS) is 10.2. The molecule has 17 heavy (non-hydrogen) atoms. The van der Waals surface area contributed by atoms with Crippen LogP contribution in [0.3, 0.4) is 0 Å². The van der Waals surface area contributed by atoms with E-state index in [9.17, 15) is 9.59 Å². The Morgan fingerprint density at radius 2 is 2.12 bits per heavy atom. The summed E-state index contributed by atoms with van der Waals surface area (Å²) >= 11 is 0. The van der Waals surface area contributed by atoms with Crippen LogP contribution in [0, 0.1) is 0 Å². The number of H-pyrrole nitrogens is 2. The van der Waals surface area contributed by atoms with Gasteiger partial charge in [0, 0.05) is 6.20 Å². The van der Waals surface area contributed by atoms with Crippen molar-refractivity contribution >= 4 is 0 Å². The second-order valence-electron chi connectivity index (χ2n) is 3.45. The molecule has 2 N–H and O–H groups in total. The Bertz CT molecular complexity index is 628. The average Bonchev–Trinajstić information content (AvgIpc) is 2.29. The third-order valence-electron chi connectivity index (χ3n) is 2.28. The van der Waals surface area contributed by atoms with E-state index < -0.39 is 11.2 Å². The molecule has 0 amide bonds. The first-order valence-corrected chi connectivity index (χ1v) is 5.26. The van der Waals surface area contributed by atoms with Gasteiger partial charge in [-0.2, -0.15) is 0 Å². The molecule has 1 aromatic carbocycles. The van der Waals surface area contributed by atoms with E-state index in [1.54, 1.807) is 18.2 Å². The monoisotopic (exact) mass is 232 g/mol. The Labute approximate surface area is 97.1 Å². The molecule has 0 unspecified atom stereocenters. The van der Waals surface area contributed by atoms with E-state index in [0.717, 1.165) is 0 Å². The van der Waals surface area contributed by atoms with Crippen LogP contribution in [0.5, 0.6) is 5.75 Å². The van der Waals surface area contributed by atoms with Gasteiger partial charge in [0.15, 0.2) is 0 Å². The average molecular weight is 232 g/mol. The summed E-state index contributed by atoms with van der Waals surface area (Å²) in [5.41, 5.74) is 0.182. The van der Waals surface area contributed by atoms with Gasteiger partial charge in [-0.25, -0.2) is 4.79 Å². The van der Waals surface area contributed by atoms with Gasteiger partial charge in [0.05, 0.1) is 12.2 Å². The van der Waals surface area contributed by atoms with E-state index in [1.807, 2.05) is 13.0 Å². The molecular weight excluding hydrogens is 220 g/mol. The predicted octanol–water partition coefficient (Wildman–Crippen LogP) is 1.13. The highest BCUT2D eigenvalue weighted by atomic mass is 16.5. The standard InChI is InChI=1S/C12H12N2O3/c1-2-17-9-5-3-4-8(6-9)10-7-13-12(16)14-11(10)15/h3-7H,2H2,1H3,(H2,13,14,15,16). The fourth-order valence-corrected chi connectivity index (χ4v) is 1.54. The molecule has 2 rings (SSSR count). The van der Waals surface area contributed by atoms with Crippen molar-refractivity contribution < 1.29 is 4.74 Å². The minimum Gasteiger partial charge on any atom is -0.494 e. The van der Waals surface area contributed by atoms with Gasteiger partial charge in [0.2, 0.25) is 0 Å². The Balaban J connectivity index is 2.49. The molecule has 0 aliphatic carbocycles. The third kappa shape index (κ3) is 2.44. The molecule has 2 aromatic rings. The lowest BCUT2D eigenvalue weighted by atomic mass is 10.1. The van der Waals surface area contributed by atoms with E-state index in [4.69, 9.17) is 4.74 Å². The Kier molecular flexibility index (Phi) is 3.09. The number of aromatic nitrogens is 2. The smallest absolute Gasteiger partial charge is 0.325 e. The van der Waals surface area contributed by atoms with Gasteiger partial charge < -0.3 is 9.72 Å². The summed E-state index contributed by atoms with van der Waals surface area (Å²) in [5, 5.41) is 0. The zero-order chi connectivity index (χ0) is 12.3. The van der Waals surface area contributed by atoms with Gasteiger partial charge in [-0.15, -0.1) is 0 Å². The van der Waals surface area contributed by atoms with Crippen molar-refractivity contribution in [1.29, 1.82) is 0 Å². The Morgan fingerprint density at radius 1 is 1.29 bits per heavy atom. The lowest BCUT2D eigenvalue weighted by Gasteiger charge is -2.05. The molecule has 0 atom stereocenters. The van der Waals surface area contributed by atoms with E-state index in [1.165, 1.54) is 6.20 Å². The molecule has 0 fully saturated rings. The SMILES string of the molecule is CCOc1cccc(-c2c[nH]c(=O)[nH]c2=O)c1. The van der Waals surface area contributed by atoms with Crippen molar-refractivity contribution in [3.05, 3.63) is 51.3 Å². The first-order valence-electron chi connectivity index (χ1n) is 5.26. The second kappa shape index (κ2) is 4.69. The van der Waals surface area contributed by atoms with Crippen molar-refractivity contribution in [2.45, 2.75) is 6.92 Å². The maximum absolute atomic E-state index is 11.6. The van der Waals surface area contributed by atoms with Gasteiger partial charge in [0.25, 0.3) is 5.56 Å². The molecule has 0 radical (unpaired) electrons. The van der Waals surface area contributed by atoms with Crippen LogP contribution in [0.4, 0.5) is 0 Å². The number of benzene rings is 1. The molecule has 0 saturated carbocycles. The largest absolute Gasteiger partial charge is 0.494 e. The van der Waals surface area contributed by atoms with E-state index in [2.05, 4.69) is 9.97 Å². The molecule has 5 heteroatoms. The van der Waals surface area contributed by atoms with Crippen molar-refractivity contribution in [3.63, 3.8) is 0 Å². The third-order valence-corrected chi connectivity index (χ3v) is 2.28. The summed E-state index contributed by atoms with van der Waals surface area (Å²) in [6.07, 6.45) is 1.40. The van der Waals surface area contributed by atoms with E-state index in [0.29, 0.717) is 23.5 Å². The van der Waals surface area contributed by atoms with Crippen LogP contribution in [0.1, 0.15) is 6.92 Å². The molecule has 0 aliphatic rings. The van der Waals surface area contributed by atoms with Crippen LogP contribution in [-0.2, 0) is 0 Å². The molecule has 0 saturated heterocycles. The van der Waals surface area contributed by atoms with Crippen LogP contribution < -0.4 is 16.0 Å². The minimum atomic E-state index is -0.514. The first kappa shape index (κ1) is 11.2. The molecule has 1 aromatic heterocycles. The molecule has 1 heterocycles. The van der Waals surface area contributed by atoms with Crippen LogP contribution in [0.25, 0.3) is 11.1 Å². The zero-order valence-electron chi connectivity index (χ0n) is 9.32. The number of rotatable bonds is 3. The molecule has 5 nitrogen and oxygen atoms in total. The lowest BCUT2D eigenvalue weighted by Crippen LogP contribution is -2.22. The Hall–Kier alpha value is -2.30. The Morgan fingerprint density at radius 3 is 2.82 bits per heavy atom. The van der Waals surface area contributed by atoms with Gasteiger partial charge in [-0.05, 0) is 24.6 Å². The highest BCUT2D eigenvalue weighted by Crippen LogP contribution is 2.20. The minimum absolute atomic E-state index is 0.408. The second-order valence-corrected chi connectivity index (χ2v) is 3.45. The molecule has 88 valence electrons. The summed E-state index contributed by atoms with van der Waals surface area (Å²) in [4.78, 5) is 27.1. The summed E-state index contributed by atoms with van der Waals surface area (Å²) < 4.78 is 5.35. The van der Waals surface area contributed by atoms with Crippen molar-refractivity contribution in [3.8, 4) is 16.9 Å². The summed E-state index contributed by atoms with van der Waals surface area (Å²) in [5.74, 6) is 0.690. The van der Waals surface area contributed by atoms with Gasteiger partial charge in [-0.1, -0.05) is 12.1 Å². The van der Waals surface area contributed by atoms with Gasteiger partial charge >= 0.3 is 5.69 Å². The van der Waals surface area contributed by atoms with E-state index >= 15 is 0 Å². The van der Waals surface area contributed by atoms with Crippen LogP contribution >= 0.6 is 0 Å². The zero-order valence-corrected chi connectivity index (χ0v) is 9.32. The highest BCUT2D eigenvalue weighted by molar-refractivity contribution is 5.63. The number of hydrogen-bond acceptors (Lipinski definition) is 3. The number of nitrogens with one attached hydrogen (secondary N) is 2. The van der Waals surface area contributed by atoms with Crippen LogP contribution in [-0.4, -0.2) is 16.6 Å². The summed E-state index contributed by atoms with van der Waals surface area (Å²) in [6.45, 7) is 2.45. The van der Waals surface area contributed by atoms with Crippen molar-refractivity contribution in [1.82, 2.24) is 9.97 Å². The van der Waals surface area contributed by atoms with Crippen molar-refractivity contribution in [2.75, 3.05) is 6.61 Å². The fraction of sp³-hybridized carbons (Fsp3) is 0.167. The quantitative estimate of drug-likeness (QED) is 0.832. The van der Waals surface area contributed by atoms with Gasteiger partial charge in [-0.3, -0.25) is 9.78 Å². The molecule has 0 aliphatic heterocycles. The molecule has 0 spiro atoms. The summed E-state index contributed by atoms with van der Waals surface area (Å²) in [7, 11) is 0. The van der Waals surface area contributed by atoms with Crippen molar-refractivity contribution in [2.24, 2.45) is 0 Å². The number of hydrogen-bond donors (Lipinski definition) is 2. The summed E-state index contributed by atoms with van der Waals surface area (Å²) in [6, 6.07) is 7.15. The highest BCUT2D eigenvalue weighted by Gasteiger charge is 2.04. The molecular formula is C12H12N2O3. The van der Waals surface area contributed by atoms with E-state index in [-0.39, 0.29) is 0 Å². The number of aromatic amines is 2. The maximum atomic E-state index is 11.6. The van der Waals surface area contributed by atoms with Gasteiger partial charge in [0.1, 0.15) is 5.75 Å². The number of ether oxygens (including phenoxy) is 1. The van der Waals surface area contributed by atoms with Crippen LogP contribution in [0.15, 0.2) is 40.1 Å².